The van der Waals surface area contributed by atoms with Gasteiger partial charge in [-0.1, -0.05) is 64.5 Å². The van der Waals surface area contributed by atoms with E-state index >= 15 is 0 Å². The number of rotatable bonds is 8. The van der Waals surface area contributed by atoms with Crippen LogP contribution in [0.4, 0.5) is 5.69 Å². The smallest absolute Gasteiger partial charge is 0.311 e. The first-order valence-electron chi connectivity index (χ1n) is 10.9. The second-order valence-corrected chi connectivity index (χ2v) is 10.8. The lowest BCUT2D eigenvalue weighted by molar-refractivity contribution is -0.134. The van der Waals surface area contributed by atoms with Gasteiger partial charge in [0.1, 0.15) is 5.75 Å². The van der Waals surface area contributed by atoms with E-state index in [9.17, 15) is 14.4 Å². The highest BCUT2D eigenvalue weighted by Crippen LogP contribution is 2.60. The first kappa shape index (κ1) is 22.0. The maximum atomic E-state index is 13.1. The molecule has 3 aliphatic rings. The third-order valence-electron chi connectivity index (χ3n) is 6.80. The van der Waals surface area contributed by atoms with Crippen molar-refractivity contribution in [1.29, 1.82) is 0 Å². The lowest BCUT2D eigenvalue weighted by Gasteiger charge is -2.28. The Hall–Kier alpha value is -1.21. The molecule has 2 amide bonds. The fourth-order valence-electron chi connectivity index (χ4n) is 5.32. The highest BCUT2D eigenvalue weighted by Gasteiger charge is 2.66. The number of benzene rings is 1. The molecule has 1 heterocycles. The van der Waals surface area contributed by atoms with Gasteiger partial charge in [-0.2, -0.15) is 0 Å². The second kappa shape index (κ2) is 9.11. The number of amides is 2. The molecule has 1 aromatic carbocycles. The zero-order valence-corrected chi connectivity index (χ0v) is 20.2. The molecule has 2 saturated carbocycles. The summed E-state index contributed by atoms with van der Waals surface area (Å²) in [5, 5.41) is 0. The molecule has 2 bridgehead atoms. The predicted octanol–water partition coefficient (Wildman–Crippen LogP) is 5.23. The summed E-state index contributed by atoms with van der Waals surface area (Å²) in [6.45, 7) is 2.16. The Morgan fingerprint density at radius 1 is 0.967 bits per heavy atom. The summed E-state index contributed by atoms with van der Waals surface area (Å²) in [5.74, 6) is -0.0667. The van der Waals surface area contributed by atoms with E-state index in [0.717, 1.165) is 25.7 Å². The van der Waals surface area contributed by atoms with E-state index in [4.69, 9.17) is 4.74 Å². The van der Waals surface area contributed by atoms with Gasteiger partial charge in [0.25, 0.3) is 0 Å². The molecule has 30 heavy (non-hydrogen) atoms. The Bertz CT molecular complexity index is 795. The fourth-order valence-corrected chi connectivity index (χ4v) is 7.20. The van der Waals surface area contributed by atoms with Crippen molar-refractivity contribution in [2.45, 2.75) is 61.5 Å². The van der Waals surface area contributed by atoms with Crippen LogP contribution in [-0.2, 0) is 14.4 Å². The molecule has 0 radical (unpaired) electrons. The average Bonchev–Trinajstić information content (AvgIpc) is 3.33. The lowest BCUT2D eigenvalue weighted by atomic mass is 9.81. The van der Waals surface area contributed by atoms with Gasteiger partial charge in [-0.3, -0.25) is 19.3 Å². The number of alkyl halides is 2. The molecule has 1 aromatic rings. The third kappa shape index (κ3) is 3.88. The zero-order valence-electron chi connectivity index (χ0n) is 17.1. The number of unbranched alkanes of at least 4 members (excludes halogenated alkanes) is 4. The number of anilines is 1. The van der Waals surface area contributed by atoms with E-state index in [1.165, 1.54) is 17.7 Å². The monoisotopic (exact) mass is 539 g/mol. The van der Waals surface area contributed by atoms with Crippen LogP contribution in [-0.4, -0.2) is 27.4 Å². The van der Waals surface area contributed by atoms with Gasteiger partial charge in [-0.25, -0.2) is 0 Å². The predicted molar refractivity (Wildman–Crippen MR) is 122 cm³/mol. The van der Waals surface area contributed by atoms with Crippen molar-refractivity contribution in [3.05, 3.63) is 24.3 Å². The van der Waals surface area contributed by atoms with E-state index in [1.807, 2.05) is 0 Å². The van der Waals surface area contributed by atoms with Crippen LogP contribution in [0.2, 0.25) is 0 Å². The molecule has 6 atom stereocenters. The van der Waals surface area contributed by atoms with Crippen molar-refractivity contribution in [2.24, 2.45) is 23.7 Å². The molecule has 0 unspecified atom stereocenters. The van der Waals surface area contributed by atoms with Gasteiger partial charge in [0.2, 0.25) is 11.8 Å². The number of hydrogen-bond donors (Lipinski definition) is 0. The Labute approximate surface area is 194 Å². The molecule has 0 aromatic heterocycles. The molecular formula is C23H27Br2NO4. The maximum absolute atomic E-state index is 13.1. The van der Waals surface area contributed by atoms with Gasteiger partial charge in [0.15, 0.2) is 0 Å². The highest BCUT2D eigenvalue weighted by atomic mass is 79.9. The summed E-state index contributed by atoms with van der Waals surface area (Å²) >= 11 is 7.41. The first-order chi connectivity index (χ1) is 14.4. The van der Waals surface area contributed by atoms with E-state index in [-0.39, 0.29) is 51.1 Å². The standard InChI is InChI=1S/C23H27Br2NO4/c1-2-3-4-5-6-7-17(27)30-14-10-8-13(9-11-14)26-22(28)18-15-12-16(19(18)23(26)29)21(25)20(15)24/h8-11,15-16,18-21H,2-7,12H2,1H3/t15-,16-,18-,19+,20-,21+/m0/s1. The molecule has 7 heteroatoms. The summed E-state index contributed by atoms with van der Waals surface area (Å²) in [5.41, 5.74) is 0.551. The molecule has 5 nitrogen and oxygen atoms in total. The molecule has 0 N–H and O–H groups in total. The SMILES string of the molecule is CCCCCCCC(=O)Oc1ccc(N2C(=O)[C@@H]3[C@@H]4C[C@H]([C@H](Br)[C@@H]4Br)[C@@H]3C2=O)cc1. The van der Waals surface area contributed by atoms with Crippen LogP contribution in [0.15, 0.2) is 24.3 Å². The summed E-state index contributed by atoms with van der Waals surface area (Å²) in [7, 11) is 0. The number of hydrogen-bond acceptors (Lipinski definition) is 4. The van der Waals surface area contributed by atoms with Gasteiger partial charge in [-0.15, -0.1) is 0 Å². The minimum absolute atomic E-state index is 0.0989. The zero-order chi connectivity index (χ0) is 21.4. The number of nitrogens with zero attached hydrogens (tertiary/aromatic N) is 1. The Balaban J connectivity index is 1.37. The van der Waals surface area contributed by atoms with E-state index in [2.05, 4.69) is 38.8 Å². The molecule has 0 spiro atoms. The largest absolute Gasteiger partial charge is 0.427 e. The highest BCUT2D eigenvalue weighted by molar-refractivity contribution is 9.12. The number of carbonyl (C=O) groups excluding carboxylic acids is 3. The average molecular weight is 541 g/mol. The van der Waals surface area contributed by atoms with Crippen LogP contribution in [0.25, 0.3) is 0 Å². The van der Waals surface area contributed by atoms with Gasteiger partial charge in [0.05, 0.1) is 17.5 Å². The van der Waals surface area contributed by atoms with Crippen LogP contribution >= 0.6 is 31.9 Å². The quantitative estimate of drug-likeness (QED) is 0.149. The second-order valence-electron chi connectivity index (χ2n) is 8.65. The first-order valence-corrected chi connectivity index (χ1v) is 12.7. The van der Waals surface area contributed by atoms with Gasteiger partial charge >= 0.3 is 5.97 Å². The summed E-state index contributed by atoms with van der Waals surface area (Å²) < 4.78 is 5.40. The minimum Gasteiger partial charge on any atom is -0.427 e. The Morgan fingerprint density at radius 3 is 2.10 bits per heavy atom. The number of fused-ring (bicyclic) bond motifs is 5. The maximum Gasteiger partial charge on any atom is 0.311 e. The Morgan fingerprint density at radius 2 is 1.53 bits per heavy atom. The normalized spacial score (nSPS) is 32.0. The number of esters is 1. The molecule has 1 saturated heterocycles. The van der Waals surface area contributed by atoms with Crippen LogP contribution < -0.4 is 9.64 Å². The van der Waals surface area contributed by atoms with E-state index in [1.54, 1.807) is 24.3 Å². The molecule has 4 rings (SSSR count). The van der Waals surface area contributed by atoms with Crippen molar-refractivity contribution in [3.8, 4) is 5.75 Å². The molecule has 162 valence electrons. The Kier molecular flexibility index (Phi) is 6.68. The third-order valence-corrected chi connectivity index (χ3v) is 10.0. The number of halogens is 2. The van der Waals surface area contributed by atoms with Crippen LogP contribution in [0.3, 0.4) is 0 Å². The van der Waals surface area contributed by atoms with Crippen molar-refractivity contribution in [1.82, 2.24) is 0 Å². The number of ether oxygens (including phenoxy) is 1. The van der Waals surface area contributed by atoms with Crippen LogP contribution in [0.1, 0.15) is 51.9 Å². The molecule has 1 aliphatic heterocycles. The van der Waals surface area contributed by atoms with E-state index < -0.39 is 0 Å². The van der Waals surface area contributed by atoms with Gasteiger partial charge < -0.3 is 4.74 Å². The van der Waals surface area contributed by atoms with Crippen LogP contribution in [0, 0.1) is 23.7 Å². The lowest BCUT2D eigenvalue weighted by Crippen LogP contribution is -2.37. The molecule has 3 fully saturated rings. The van der Waals surface area contributed by atoms with E-state index in [0.29, 0.717) is 17.9 Å². The molecule has 2 aliphatic carbocycles. The molecular weight excluding hydrogens is 514 g/mol. The fraction of sp³-hybridized carbons (Fsp3) is 0.609. The van der Waals surface area contributed by atoms with Crippen molar-refractivity contribution < 1.29 is 19.1 Å². The minimum atomic E-state index is -0.245. The topological polar surface area (TPSA) is 63.7 Å². The van der Waals surface area contributed by atoms with Gasteiger partial charge in [0, 0.05) is 16.1 Å². The summed E-state index contributed by atoms with van der Waals surface area (Å²) in [6.07, 6.45) is 6.71. The number of imide groups is 1. The summed E-state index contributed by atoms with van der Waals surface area (Å²) in [4.78, 5) is 40.0. The van der Waals surface area contributed by atoms with Crippen molar-refractivity contribution >= 4 is 55.3 Å². The van der Waals surface area contributed by atoms with Crippen molar-refractivity contribution in [3.63, 3.8) is 0 Å². The number of carbonyl (C=O) groups is 3. The van der Waals surface area contributed by atoms with Gasteiger partial charge in [-0.05, 0) is 48.9 Å². The summed E-state index contributed by atoms with van der Waals surface area (Å²) in [6, 6.07) is 6.71. The van der Waals surface area contributed by atoms with Crippen molar-refractivity contribution in [2.75, 3.05) is 4.90 Å². The van der Waals surface area contributed by atoms with Crippen LogP contribution in [0.5, 0.6) is 5.75 Å².